The Morgan fingerprint density at radius 3 is 2.60 bits per heavy atom. The van der Waals surface area contributed by atoms with Crippen molar-refractivity contribution < 1.29 is 0 Å². The first-order chi connectivity index (χ1) is 12.4. The first-order valence-electron chi connectivity index (χ1n) is 8.72. The first-order valence-corrected chi connectivity index (χ1v) is 8.72. The summed E-state index contributed by atoms with van der Waals surface area (Å²) in [5, 5.41) is 6.99. The molecular weight excluding hydrogens is 310 g/mol. The van der Waals surface area contributed by atoms with Crippen molar-refractivity contribution in [2.45, 2.75) is 18.9 Å². The van der Waals surface area contributed by atoms with Crippen molar-refractivity contribution in [1.82, 2.24) is 20.3 Å². The second-order valence-electron chi connectivity index (χ2n) is 6.23. The second kappa shape index (κ2) is 7.40. The standard InChI is InChI=1S/C20H21N5/c1-2-7-15(8-3-1)20-24-18(17-10-4-5-12-22-17)13-19(25-20)23-16-9-6-11-21-14-16/h1-5,7-8,10,12-13,16,21H,6,9,11,14H2,(H,23,24,25). The van der Waals surface area contributed by atoms with Crippen LogP contribution in [0.5, 0.6) is 0 Å². The predicted octanol–water partition coefficient (Wildman–Crippen LogP) is 3.37. The molecule has 0 radical (unpaired) electrons. The number of nitrogens with one attached hydrogen (secondary N) is 2. The van der Waals surface area contributed by atoms with Crippen LogP contribution in [0.1, 0.15) is 12.8 Å². The molecular formula is C20H21N5. The molecule has 5 heteroatoms. The topological polar surface area (TPSA) is 62.7 Å². The smallest absolute Gasteiger partial charge is 0.162 e. The molecule has 3 heterocycles. The fourth-order valence-corrected chi connectivity index (χ4v) is 3.07. The average Bonchev–Trinajstić information content (AvgIpc) is 2.70. The zero-order valence-corrected chi connectivity index (χ0v) is 14.0. The summed E-state index contributed by atoms with van der Waals surface area (Å²) in [5.74, 6) is 1.57. The maximum Gasteiger partial charge on any atom is 0.162 e. The molecule has 0 bridgehead atoms. The molecule has 1 unspecified atom stereocenters. The molecule has 1 atom stereocenters. The summed E-state index contributed by atoms with van der Waals surface area (Å²) in [6.07, 6.45) is 4.12. The number of nitrogens with zero attached hydrogens (tertiary/aromatic N) is 3. The molecule has 1 aliphatic heterocycles. The van der Waals surface area contributed by atoms with Gasteiger partial charge in [0.15, 0.2) is 5.82 Å². The molecule has 4 rings (SSSR count). The van der Waals surface area contributed by atoms with E-state index in [-0.39, 0.29) is 0 Å². The Kier molecular flexibility index (Phi) is 4.65. The lowest BCUT2D eigenvalue weighted by atomic mass is 10.1. The van der Waals surface area contributed by atoms with Crippen LogP contribution < -0.4 is 10.6 Å². The van der Waals surface area contributed by atoms with Crippen LogP contribution in [0, 0.1) is 0 Å². The van der Waals surface area contributed by atoms with Gasteiger partial charge in [0.05, 0.1) is 11.4 Å². The number of piperidine rings is 1. The molecule has 25 heavy (non-hydrogen) atoms. The SMILES string of the molecule is c1ccc(-c2nc(NC3CCCNC3)cc(-c3ccccn3)n2)cc1. The third-order valence-corrected chi connectivity index (χ3v) is 4.33. The zero-order valence-electron chi connectivity index (χ0n) is 14.0. The third kappa shape index (κ3) is 3.83. The van der Waals surface area contributed by atoms with Gasteiger partial charge in [-0.25, -0.2) is 9.97 Å². The van der Waals surface area contributed by atoms with E-state index in [4.69, 9.17) is 9.97 Å². The monoisotopic (exact) mass is 331 g/mol. The zero-order chi connectivity index (χ0) is 16.9. The Hall–Kier alpha value is -2.79. The molecule has 2 N–H and O–H groups in total. The van der Waals surface area contributed by atoms with Gasteiger partial charge in [0.1, 0.15) is 5.82 Å². The van der Waals surface area contributed by atoms with E-state index in [0.717, 1.165) is 48.1 Å². The van der Waals surface area contributed by atoms with Crippen LogP contribution in [0.15, 0.2) is 60.8 Å². The van der Waals surface area contributed by atoms with Crippen molar-refractivity contribution >= 4 is 5.82 Å². The number of anilines is 1. The number of aromatic nitrogens is 3. The van der Waals surface area contributed by atoms with Gasteiger partial charge in [-0.1, -0.05) is 36.4 Å². The van der Waals surface area contributed by atoms with Gasteiger partial charge in [-0.15, -0.1) is 0 Å². The van der Waals surface area contributed by atoms with Crippen LogP contribution in [0.3, 0.4) is 0 Å². The molecule has 0 saturated carbocycles. The molecule has 1 saturated heterocycles. The van der Waals surface area contributed by atoms with Gasteiger partial charge in [-0.2, -0.15) is 0 Å². The normalized spacial score (nSPS) is 17.2. The summed E-state index contributed by atoms with van der Waals surface area (Å²) in [4.78, 5) is 13.9. The van der Waals surface area contributed by atoms with Crippen LogP contribution in [-0.2, 0) is 0 Å². The Morgan fingerprint density at radius 1 is 0.960 bits per heavy atom. The van der Waals surface area contributed by atoms with Crippen LogP contribution in [0.25, 0.3) is 22.8 Å². The fraction of sp³-hybridized carbons (Fsp3) is 0.250. The van der Waals surface area contributed by atoms with E-state index in [9.17, 15) is 0 Å². The number of hydrogen-bond donors (Lipinski definition) is 2. The van der Waals surface area contributed by atoms with Gasteiger partial charge in [0.25, 0.3) is 0 Å². The average molecular weight is 331 g/mol. The largest absolute Gasteiger partial charge is 0.366 e. The van der Waals surface area contributed by atoms with Gasteiger partial charge in [0.2, 0.25) is 0 Å². The van der Waals surface area contributed by atoms with Crippen molar-refractivity contribution in [3.05, 3.63) is 60.8 Å². The molecule has 1 fully saturated rings. The Morgan fingerprint density at radius 2 is 1.84 bits per heavy atom. The molecule has 0 amide bonds. The highest BCUT2D eigenvalue weighted by Crippen LogP contribution is 2.24. The van der Waals surface area contributed by atoms with E-state index in [1.807, 2.05) is 54.6 Å². The predicted molar refractivity (Wildman–Crippen MR) is 100 cm³/mol. The Labute approximate surface area is 147 Å². The summed E-state index contributed by atoms with van der Waals surface area (Å²) in [7, 11) is 0. The third-order valence-electron chi connectivity index (χ3n) is 4.33. The van der Waals surface area contributed by atoms with E-state index < -0.39 is 0 Å². The van der Waals surface area contributed by atoms with E-state index >= 15 is 0 Å². The van der Waals surface area contributed by atoms with Crippen molar-refractivity contribution in [3.8, 4) is 22.8 Å². The van der Waals surface area contributed by atoms with Gasteiger partial charge in [0, 0.05) is 30.4 Å². The minimum Gasteiger partial charge on any atom is -0.366 e. The van der Waals surface area contributed by atoms with Gasteiger partial charge in [-0.05, 0) is 31.5 Å². The molecule has 1 aromatic carbocycles. The summed E-state index contributed by atoms with van der Waals surface area (Å²) in [6.45, 7) is 2.06. The summed E-state index contributed by atoms with van der Waals surface area (Å²) >= 11 is 0. The fourth-order valence-electron chi connectivity index (χ4n) is 3.07. The van der Waals surface area contributed by atoms with Crippen molar-refractivity contribution in [3.63, 3.8) is 0 Å². The molecule has 0 spiro atoms. The van der Waals surface area contributed by atoms with Gasteiger partial charge < -0.3 is 10.6 Å². The Bertz CT molecular complexity index is 756. The number of pyridine rings is 1. The van der Waals surface area contributed by atoms with E-state index in [2.05, 4.69) is 15.6 Å². The van der Waals surface area contributed by atoms with E-state index in [1.54, 1.807) is 6.20 Å². The summed E-state index contributed by atoms with van der Waals surface area (Å²) < 4.78 is 0. The maximum absolute atomic E-state index is 4.75. The highest BCUT2D eigenvalue weighted by Gasteiger charge is 2.15. The number of hydrogen-bond acceptors (Lipinski definition) is 5. The maximum atomic E-state index is 4.75. The van der Waals surface area contributed by atoms with E-state index in [0.29, 0.717) is 6.04 Å². The summed E-state index contributed by atoms with van der Waals surface area (Å²) in [6, 6.07) is 18.3. The molecule has 2 aromatic heterocycles. The minimum atomic E-state index is 0.392. The molecule has 3 aromatic rings. The second-order valence-corrected chi connectivity index (χ2v) is 6.23. The van der Waals surface area contributed by atoms with E-state index in [1.165, 1.54) is 6.42 Å². The Balaban J connectivity index is 1.72. The van der Waals surface area contributed by atoms with Gasteiger partial charge in [-0.3, -0.25) is 4.98 Å². The number of rotatable bonds is 4. The van der Waals surface area contributed by atoms with Crippen LogP contribution in [0.2, 0.25) is 0 Å². The molecule has 126 valence electrons. The molecule has 1 aliphatic rings. The first kappa shape index (κ1) is 15.7. The van der Waals surface area contributed by atoms with Crippen LogP contribution in [0.4, 0.5) is 5.82 Å². The lowest BCUT2D eigenvalue weighted by Crippen LogP contribution is -2.38. The quantitative estimate of drug-likeness (QED) is 0.767. The highest BCUT2D eigenvalue weighted by molar-refractivity contribution is 5.65. The lowest BCUT2D eigenvalue weighted by molar-refractivity contribution is 0.479. The van der Waals surface area contributed by atoms with Crippen molar-refractivity contribution in [2.75, 3.05) is 18.4 Å². The lowest BCUT2D eigenvalue weighted by Gasteiger charge is -2.24. The summed E-state index contributed by atoms with van der Waals surface area (Å²) in [5.41, 5.74) is 2.69. The van der Waals surface area contributed by atoms with Crippen LogP contribution >= 0.6 is 0 Å². The highest BCUT2D eigenvalue weighted by atomic mass is 15.1. The van der Waals surface area contributed by atoms with Crippen molar-refractivity contribution in [2.24, 2.45) is 0 Å². The van der Waals surface area contributed by atoms with Crippen molar-refractivity contribution in [1.29, 1.82) is 0 Å². The molecule has 0 aliphatic carbocycles. The van der Waals surface area contributed by atoms with Gasteiger partial charge >= 0.3 is 0 Å². The number of benzene rings is 1. The minimum absolute atomic E-state index is 0.392. The molecule has 5 nitrogen and oxygen atoms in total. The van der Waals surface area contributed by atoms with Crippen LogP contribution in [-0.4, -0.2) is 34.1 Å².